The van der Waals surface area contributed by atoms with Gasteiger partial charge in [-0.2, -0.15) is 4.31 Å². The van der Waals surface area contributed by atoms with Gasteiger partial charge in [-0.15, -0.1) is 11.3 Å². The van der Waals surface area contributed by atoms with Crippen LogP contribution in [0.3, 0.4) is 0 Å². The fraction of sp³-hybridized carbons (Fsp3) is 0.510. The first-order valence-electron chi connectivity index (χ1n) is 23.5. The van der Waals surface area contributed by atoms with Crippen molar-refractivity contribution in [2.45, 2.75) is 125 Å². The highest BCUT2D eigenvalue weighted by Gasteiger charge is 2.63. The van der Waals surface area contributed by atoms with Crippen LogP contribution in [0.5, 0.6) is 11.5 Å². The molecule has 8 rings (SSSR count). The van der Waals surface area contributed by atoms with E-state index in [4.69, 9.17) is 19.4 Å². The van der Waals surface area contributed by atoms with E-state index < -0.39 is 69.0 Å². The number of carbonyl (C=O) groups excluding carboxylic acids is 3. The first-order chi connectivity index (χ1) is 32.5. The highest BCUT2D eigenvalue weighted by Crippen LogP contribution is 2.47. The van der Waals surface area contributed by atoms with Crippen LogP contribution in [-0.4, -0.2) is 119 Å². The largest absolute Gasteiger partial charge is 0.497 e. The number of pyridine rings is 1. The van der Waals surface area contributed by atoms with Gasteiger partial charge in [-0.3, -0.25) is 9.59 Å². The molecule has 17 nitrogen and oxygen atoms in total. The van der Waals surface area contributed by atoms with Crippen molar-refractivity contribution in [3.8, 4) is 22.9 Å². The lowest BCUT2D eigenvalue weighted by Crippen LogP contribution is -2.63. The van der Waals surface area contributed by atoms with Gasteiger partial charge in [0, 0.05) is 60.9 Å². The van der Waals surface area contributed by atoms with Crippen molar-refractivity contribution < 1.29 is 42.2 Å². The molecule has 6 atom stereocenters. The van der Waals surface area contributed by atoms with Crippen LogP contribution in [0.2, 0.25) is 0 Å². The zero-order valence-electron chi connectivity index (χ0n) is 39.2. The summed E-state index contributed by atoms with van der Waals surface area (Å²) in [5, 5.41) is 26.0. The third-order valence-corrected chi connectivity index (χ3v) is 16.4. The van der Waals surface area contributed by atoms with Gasteiger partial charge in [0.2, 0.25) is 21.8 Å². The monoisotopic (exact) mass is 970 g/mol. The van der Waals surface area contributed by atoms with Gasteiger partial charge in [-0.1, -0.05) is 49.6 Å². The fourth-order valence-corrected chi connectivity index (χ4v) is 11.6. The molecule has 2 aliphatic heterocycles. The number of nitrogens with zero attached hydrogens (tertiary/aromatic N) is 4. The minimum absolute atomic E-state index is 0.000133. The van der Waals surface area contributed by atoms with Crippen LogP contribution in [0, 0.1) is 11.8 Å². The van der Waals surface area contributed by atoms with E-state index in [0.29, 0.717) is 46.6 Å². The molecule has 2 saturated carbocycles. The number of hydrogen-bond acceptors (Lipinski definition) is 12. The summed E-state index contributed by atoms with van der Waals surface area (Å²) in [5.74, 6) is -1.68. The number of urea groups is 1. The number of benzene rings is 2. The lowest BCUT2D eigenvalue weighted by atomic mass is 9.79. The maximum atomic E-state index is 15.2. The Morgan fingerprint density at radius 1 is 1.01 bits per heavy atom. The highest BCUT2D eigenvalue weighted by molar-refractivity contribution is 7.89. The number of carboxylic acids is 1. The number of methoxy groups -OCH3 is 1. The lowest BCUT2D eigenvalue weighted by Gasteiger charge is -2.38. The molecule has 4 heterocycles. The third kappa shape index (κ3) is 10.3. The number of hydrogen-bond donors (Lipinski definition) is 5. The van der Waals surface area contributed by atoms with Gasteiger partial charge in [0.15, 0.2) is 5.13 Å². The number of carbonyl (C=O) groups is 4. The number of carboxylic acid groups (broad SMARTS) is 1. The van der Waals surface area contributed by atoms with Crippen molar-refractivity contribution in [2.75, 3.05) is 32.6 Å². The predicted octanol–water partition coefficient (Wildman–Crippen LogP) is 6.56. The van der Waals surface area contributed by atoms with Crippen LogP contribution < -0.4 is 30.7 Å². The molecular formula is C49H62N8O9S2. The number of amides is 4. The van der Waals surface area contributed by atoms with E-state index in [0.717, 1.165) is 37.2 Å². The number of aromatic nitrogens is 2. The zero-order chi connectivity index (χ0) is 48.4. The summed E-state index contributed by atoms with van der Waals surface area (Å²) in [6.45, 7) is 5.64. The fourth-order valence-electron chi connectivity index (χ4n) is 9.53. The summed E-state index contributed by atoms with van der Waals surface area (Å²) in [6, 6.07) is 13.3. The third-order valence-electron chi connectivity index (χ3n) is 13.8. The number of likely N-dealkylation sites (N-methyl/N-ethyl adjacent to an activating group) is 1. The Labute approximate surface area is 401 Å². The summed E-state index contributed by atoms with van der Waals surface area (Å²) < 4.78 is 40.7. The summed E-state index contributed by atoms with van der Waals surface area (Å²) in [6.07, 6.45) is 8.86. The van der Waals surface area contributed by atoms with Gasteiger partial charge < -0.3 is 40.7 Å². The second kappa shape index (κ2) is 20.0. The molecule has 3 fully saturated rings. The minimum Gasteiger partial charge on any atom is -0.497 e. The Hall–Kier alpha value is -5.79. The van der Waals surface area contributed by atoms with Gasteiger partial charge in [-0.25, -0.2) is 28.0 Å². The number of aliphatic carboxylic acids is 1. The Morgan fingerprint density at radius 2 is 1.79 bits per heavy atom. The molecule has 19 heteroatoms. The molecule has 2 aromatic carbocycles. The molecule has 2 aliphatic carbocycles. The molecule has 0 spiro atoms. The second-order valence-electron chi connectivity index (χ2n) is 19.1. The van der Waals surface area contributed by atoms with Gasteiger partial charge in [0.25, 0.3) is 0 Å². The number of anilines is 1. The van der Waals surface area contributed by atoms with Gasteiger partial charge in [-0.05, 0) is 89.5 Å². The number of nitrogens with one attached hydrogen (secondary N) is 4. The molecule has 364 valence electrons. The van der Waals surface area contributed by atoms with E-state index in [1.54, 1.807) is 50.4 Å². The van der Waals surface area contributed by atoms with Crippen molar-refractivity contribution in [1.82, 2.24) is 35.1 Å². The number of thiazole rings is 1. The molecule has 4 aliphatic rings. The molecule has 4 unspecified atom stereocenters. The molecule has 1 saturated heterocycles. The molecular weight excluding hydrogens is 909 g/mol. The Kier molecular flexibility index (Phi) is 14.3. The standard InChI is InChI=1S/C49H62N8O9S2/c1-30(2)50-47-54-41(29-67-47)39-24-42(36-22-21-33(65-5)23-38(36)51-39)66-34-26-48(3)44(59)55-49(45(60)61)25-32(49)17-10-7-6-8-13-20-37(43(58)57(48)27-34)52-46(62)53-40(31-15-14-16-31)28-56(4)68(63,64)35-18-11-9-12-19-35/h9-12,17-19,21-24,29-32,34,37,40H,6-8,13-16,20,25-28H2,1-5H3,(H,50,54)(H,55,59)(H,60,61)(H2,52,53,62)/b17-10-/t32?,34?,37-,40?,48?,49+/m0/s1. The van der Waals surface area contributed by atoms with Crippen LogP contribution >= 0.6 is 11.3 Å². The van der Waals surface area contributed by atoms with Gasteiger partial charge in [0.05, 0.1) is 29.8 Å². The maximum absolute atomic E-state index is 15.2. The topological polar surface area (TPSA) is 221 Å². The van der Waals surface area contributed by atoms with Crippen molar-refractivity contribution in [3.63, 3.8) is 0 Å². The smallest absolute Gasteiger partial charge is 0.330 e. The quantitative estimate of drug-likeness (QED) is 0.0848. The van der Waals surface area contributed by atoms with Gasteiger partial charge in [0.1, 0.15) is 40.4 Å². The molecule has 2 aromatic heterocycles. The zero-order valence-corrected chi connectivity index (χ0v) is 40.8. The summed E-state index contributed by atoms with van der Waals surface area (Å²) in [7, 11) is -0.790. The molecule has 5 N–H and O–H groups in total. The van der Waals surface area contributed by atoms with Crippen LogP contribution in [-0.2, 0) is 24.4 Å². The van der Waals surface area contributed by atoms with Crippen molar-refractivity contribution >= 4 is 61.2 Å². The van der Waals surface area contributed by atoms with E-state index in [1.165, 1.54) is 39.7 Å². The lowest BCUT2D eigenvalue weighted by molar-refractivity contribution is -0.149. The number of fused-ring (bicyclic) bond motifs is 3. The molecule has 0 radical (unpaired) electrons. The van der Waals surface area contributed by atoms with Gasteiger partial charge >= 0.3 is 12.0 Å². The van der Waals surface area contributed by atoms with Crippen LogP contribution in [0.25, 0.3) is 22.3 Å². The average Bonchev–Trinajstić information content (AvgIpc) is 3.59. The molecule has 68 heavy (non-hydrogen) atoms. The second-order valence-corrected chi connectivity index (χ2v) is 22.0. The van der Waals surface area contributed by atoms with E-state index in [1.807, 2.05) is 37.4 Å². The van der Waals surface area contributed by atoms with E-state index in [2.05, 4.69) is 21.3 Å². The summed E-state index contributed by atoms with van der Waals surface area (Å²) in [4.78, 5) is 68.3. The number of rotatable bonds is 14. The van der Waals surface area contributed by atoms with Crippen LogP contribution in [0.1, 0.15) is 85.0 Å². The van der Waals surface area contributed by atoms with E-state index in [9.17, 15) is 27.9 Å². The van der Waals surface area contributed by atoms with Crippen LogP contribution in [0.15, 0.2) is 77.0 Å². The van der Waals surface area contributed by atoms with Crippen molar-refractivity contribution in [1.29, 1.82) is 0 Å². The molecule has 4 aromatic rings. The van der Waals surface area contributed by atoms with Crippen molar-refractivity contribution in [2.24, 2.45) is 11.8 Å². The first kappa shape index (κ1) is 48.7. The SMILES string of the molecule is COc1ccc2c(OC3CN4C(=O)[C@@H](NC(=O)NC(CN(C)S(=O)(=O)c5ccccc5)C5CCC5)CCCCC/C=C\C5C[C@@]5(C(=O)O)NC(=O)C4(C)C3)cc(-c3csc(NC(C)C)n3)nc2c1. The highest BCUT2D eigenvalue weighted by atomic mass is 32.2. The predicted molar refractivity (Wildman–Crippen MR) is 259 cm³/mol. The van der Waals surface area contributed by atoms with Crippen LogP contribution in [0.4, 0.5) is 9.93 Å². The summed E-state index contributed by atoms with van der Waals surface area (Å²) in [5.41, 5.74) is -1.41. The number of ether oxygens (including phenoxy) is 2. The Balaban J connectivity index is 1.10. The first-order valence-corrected chi connectivity index (χ1v) is 25.8. The minimum atomic E-state index is -3.86. The van der Waals surface area contributed by atoms with Crippen molar-refractivity contribution in [3.05, 3.63) is 72.1 Å². The molecule has 0 bridgehead atoms. The maximum Gasteiger partial charge on any atom is 0.330 e. The molecule has 4 amide bonds. The summed E-state index contributed by atoms with van der Waals surface area (Å²) >= 11 is 1.45. The Morgan fingerprint density at radius 3 is 2.50 bits per heavy atom. The Bertz CT molecular complexity index is 2660. The van der Waals surface area contributed by atoms with E-state index in [-0.39, 0.29) is 49.2 Å². The average molecular weight is 971 g/mol. The number of allylic oxidation sites excluding steroid dienone is 1. The van der Waals surface area contributed by atoms with E-state index >= 15 is 4.79 Å². The number of sulfonamides is 1. The normalized spacial score (nSPS) is 25.5.